The summed E-state index contributed by atoms with van der Waals surface area (Å²) < 4.78 is 21.3. The van der Waals surface area contributed by atoms with Gasteiger partial charge in [0.05, 0.1) is 70.3 Å². The van der Waals surface area contributed by atoms with Crippen LogP contribution in [0.3, 0.4) is 0 Å². The Balaban J connectivity index is 2.12. The molecule has 0 aliphatic carbocycles. The SMILES string of the molecule is [B]C([B])(Nc1cccc(C)c1C(O)(O)N(C=O)C([B])(C(=O)NC)C([B])([B])C([B])([B])C=O)c1ccc(C(O)(O)N2CC(C)OC(C)C2)cc1F. The molecule has 2 aromatic carbocycles. The molecule has 3 unspecified atom stereocenters. The van der Waals surface area contributed by atoms with Crippen LogP contribution in [0.15, 0.2) is 36.4 Å². The normalized spacial score (nSPS) is 19.4. The van der Waals surface area contributed by atoms with Crippen molar-refractivity contribution in [2.45, 2.75) is 66.0 Å². The van der Waals surface area contributed by atoms with Gasteiger partial charge in [-0.3, -0.25) is 14.5 Å². The Morgan fingerprint density at radius 3 is 2.06 bits per heavy atom. The van der Waals surface area contributed by atoms with Crippen LogP contribution in [0.1, 0.15) is 36.1 Å². The number of amides is 2. The molecule has 14 radical (unpaired) electrons. The first-order chi connectivity index (χ1) is 22.4. The van der Waals surface area contributed by atoms with E-state index in [1.54, 1.807) is 13.8 Å². The lowest BCUT2D eigenvalue weighted by Gasteiger charge is -2.58. The fourth-order valence-electron chi connectivity index (χ4n) is 5.82. The number of aliphatic hydroxyl groups is 4. The molecule has 3 atom stereocenters. The van der Waals surface area contributed by atoms with E-state index < -0.39 is 55.9 Å². The second-order valence-electron chi connectivity index (χ2n) is 12.4. The number of halogens is 1. The Hall–Kier alpha value is -3.01. The molecule has 0 bridgehead atoms. The van der Waals surface area contributed by atoms with E-state index in [0.717, 1.165) is 19.2 Å². The zero-order chi connectivity index (χ0) is 37.5. The van der Waals surface area contributed by atoms with Crippen molar-refractivity contribution in [3.8, 4) is 0 Å². The van der Waals surface area contributed by atoms with Gasteiger partial charge in [0.15, 0.2) is 0 Å². The Labute approximate surface area is 293 Å². The molecule has 20 heteroatoms. The first kappa shape index (κ1) is 40.4. The maximum Gasteiger partial charge on any atom is 0.279 e. The van der Waals surface area contributed by atoms with Gasteiger partial charge in [-0.15, -0.1) is 0 Å². The molecule has 0 saturated carbocycles. The maximum atomic E-state index is 15.7. The number of nitrogens with one attached hydrogen (secondary N) is 2. The van der Waals surface area contributed by atoms with Gasteiger partial charge in [0.1, 0.15) is 19.9 Å². The standard InChI is InChI=1S/C29H32B7FN4O8/c1-15-6-5-7-21(22(15)28(47,48)41(14-43)25(32,23(44)38-4)29(35,36)24(30,31)13-42)39-26(33,34)19-9-8-18(10-20(19)37)27(45,46)40-11-16(2)49-17(3)12-40/h5-10,13-14,16-17,39,45-48H,11-12H2,1-4H3,(H,38,44). The lowest BCUT2D eigenvalue weighted by molar-refractivity contribution is -0.298. The molecule has 1 saturated heterocycles. The number of anilines is 1. The van der Waals surface area contributed by atoms with Gasteiger partial charge in [0.2, 0.25) is 12.3 Å². The van der Waals surface area contributed by atoms with E-state index in [0.29, 0.717) is 0 Å². The molecule has 244 valence electrons. The van der Waals surface area contributed by atoms with E-state index in [9.17, 15) is 34.8 Å². The predicted octanol–water partition coefficient (Wildman–Crippen LogP) is -2.83. The number of likely N-dealkylation sites (N-methyl/N-ethyl adjacent to an activating group) is 1. The van der Waals surface area contributed by atoms with Crippen molar-refractivity contribution in [1.82, 2.24) is 15.1 Å². The molecule has 2 aromatic rings. The number of morpholine rings is 1. The zero-order valence-corrected chi connectivity index (χ0v) is 27.4. The van der Waals surface area contributed by atoms with Crippen LogP contribution >= 0.6 is 0 Å². The quantitative estimate of drug-likeness (QED) is 0.0749. The van der Waals surface area contributed by atoms with Crippen LogP contribution in [0.4, 0.5) is 10.1 Å². The van der Waals surface area contributed by atoms with Gasteiger partial charge in [-0.1, -0.05) is 34.7 Å². The van der Waals surface area contributed by atoms with Crippen molar-refractivity contribution in [2.75, 3.05) is 25.5 Å². The van der Waals surface area contributed by atoms with E-state index >= 15 is 4.39 Å². The third-order valence-corrected chi connectivity index (χ3v) is 8.55. The third-order valence-electron chi connectivity index (χ3n) is 8.55. The first-order valence-electron chi connectivity index (χ1n) is 14.8. The number of nitrogens with zero attached hydrogens (tertiary/aromatic N) is 2. The van der Waals surface area contributed by atoms with E-state index in [1.807, 2.05) is 0 Å². The van der Waals surface area contributed by atoms with Gasteiger partial charge in [-0.25, -0.2) is 9.29 Å². The van der Waals surface area contributed by atoms with Crippen molar-refractivity contribution in [3.05, 3.63) is 64.5 Å². The van der Waals surface area contributed by atoms with Crippen LogP contribution < -0.4 is 10.6 Å². The molecule has 49 heavy (non-hydrogen) atoms. The summed E-state index contributed by atoms with van der Waals surface area (Å²) in [5.41, 5.74) is -4.91. The van der Waals surface area contributed by atoms with Crippen LogP contribution in [-0.2, 0) is 36.3 Å². The number of aldehydes is 1. The Bertz CT molecular complexity index is 1580. The van der Waals surface area contributed by atoms with E-state index in [-0.39, 0.29) is 59.7 Å². The van der Waals surface area contributed by atoms with Crippen LogP contribution in [0.5, 0.6) is 0 Å². The second kappa shape index (κ2) is 14.0. The summed E-state index contributed by atoms with van der Waals surface area (Å²) in [6.45, 7) is 5.10. The number of aryl methyl sites for hydroxylation is 1. The summed E-state index contributed by atoms with van der Waals surface area (Å²) in [6, 6.07) is 7.04. The van der Waals surface area contributed by atoms with Crippen molar-refractivity contribution < 1.29 is 43.9 Å². The number of carbonyl (C=O) groups excluding carboxylic acids is 3. The largest absolute Gasteiger partial charge is 0.392 e. The summed E-state index contributed by atoms with van der Waals surface area (Å²) in [5.74, 6) is -8.76. The van der Waals surface area contributed by atoms with Crippen LogP contribution in [0.25, 0.3) is 0 Å². The van der Waals surface area contributed by atoms with Crippen LogP contribution in [0.2, 0.25) is 10.4 Å². The number of carbonyl (C=O) groups is 3. The zero-order valence-electron chi connectivity index (χ0n) is 27.4. The highest BCUT2D eigenvalue weighted by Gasteiger charge is 2.60. The van der Waals surface area contributed by atoms with Gasteiger partial charge in [-0.2, -0.15) is 0 Å². The average Bonchev–Trinajstić information content (AvgIpc) is 2.99. The predicted molar refractivity (Wildman–Crippen MR) is 183 cm³/mol. The number of hydrogen-bond donors (Lipinski definition) is 6. The molecular formula is C29H32B7FN4O8. The van der Waals surface area contributed by atoms with Gasteiger partial charge in [0, 0.05) is 31.4 Å². The van der Waals surface area contributed by atoms with Gasteiger partial charge in [0.25, 0.3) is 11.8 Å². The highest BCUT2D eigenvalue weighted by molar-refractivity contribution is 6.63. The third kappa shape index (κ3) is 7.13. The first-order valence-corrected chi connectivity index (χ1v) is 14.8. The fourth-order valence-corrected chi connectivity index (χ4v) is 5.82. The average molecular weight is 659 g/mol. The van der Waals surface area contributed by atoms with Crippen molar-refractivity contribution in [1.29, 1.82) is 0 Å². The fraction of sp³-hybridized carbons (Fsp3) is 0.483. The molecule has 3 rings (SSSR count). The Morgan fingerprint density at radius 2 is 1.57 bits per heavy atom. The molecule has 1 aliphatic heterocycles. The van der Waals surface area contributed by atoms with E-state index in [2.05, 4.69) is 10.6 Å². The molecule has 0 spiro atoms. The highest BCUT2D eigenvalue weighted by atomic mass is 19.1. The smallest absolute Gasteiger partial charge is 0.279 e. The van der Waals surface area contributed by atoms with Gasteiger partial charge >= 0.3 is 0 Å². The maximum absolute atomic E-state index is 15.7. The second-order valence-corrected chi connectivity index (χ2v) is 12.4. The Kier molecular flexibility index (Phi) is 11.5. The molecule has 1 fully saturated rings. The minimum Gasteiger partial charge on any atom is -0.392 e. The van der Waals surface area contributed by atoms with Crippen LogP contribution in [-0.4, -0.2) is 142 Å². The lowest BCUT2D eigenvalue weighted by atomic mass is 9.22. The molecule has 0 aromatic heterocycles. The van der Waals surface area contributed by atoms with Crippen molar-refractivity contribution in [2.24, 2.45) is 0 Å². The number of hydrogen-bond acceptors (Lipinski definition) is 10. The minimum absolute atomic E-state index is 0.00818. The van der Waals surface area contributed by atoms with Crippen LogP contribution in [0, 0.1) is 12.7 Å². The molecule has 2 amide bonds. The molecule has 6 N–H and O–H groups in total. The van der Waals surface area contributed by atoms with Crippen molar-refractivity contribution >= 4 is 79.2 Å². The summed E-state index contributed by atoms with van der Waals surface area (Å²) >= 11 is 0. The topological polar surface area (TPSA) is 172 Å². The number of benzene rings is 2. The summed E-state index contributed by atoms with van der Waals surface area (Å²) in [6.07, 6.45) is -1.15. The molecule has 1 aliphatic rings. The van der Waals surface area contributed by atoms with Gasteiger partial charge in [-0.05, 0) is 49.4 Å². The molecule has 1 heterocycles. The highest BCUT2D eigenvalue weighted by Crippen LogP contribution is 2.52. The van der Waals surface area contributed by atoms with Gasteiger partial charge < -0.3 is 40.6 Å². The van der Waals surface area contributed by atoms with E-state index in [1.165, 1.54) is 36.1 Å². The summed E-state index contributed by atoms with van der Waals surface area (Å²) in [4.78, 5) is 38.7. The van der Waals surface area contributed by atoms with Crippen molar-refractivity contribution in [3.63, 3.8) is 0 Å². The monoisotopic (exact) mass is 660 g/mol. The number of rotatable bonds is 13. The Morgan fingerprint density at radius 1 is 1.00 bits per heavy atom. The minimum atomic E-state index is -3.64. The molecular weight excluding hydrogens is 627 g/mol. The van der Waals surface area contributed by atoms with E-state index in [4.69, 9.17) is 59.7 Å². The number of ether oxygens (including phenoxy) is 1. The molecule has 12 nitrogen and oxygen atoms in total. The summed E-state index contributed by atoms with van der Waals surface area (Å²) in [7, 11) is 43.4. The summed E-state index contributed by atoms with van der Waals surface area (Å²) in [5, 5.41) is 41.6. The lowest BCUT2D eigenvalue weighted by Crippen LogP contribution is -2.73.